The van der Waals surface area contributed by atoms with Crippen molar-refractivity contribution in [1.82, 2.24) is 14.9 Å². The Morgan fingerprint density at radius 2 is 1.83 bits per heavy atom. The van der Waals surface area contributed by atoms with Gasteiger partial charge in [0.1, 0.15) is 16.5 Å². The summed E-state index contributed by atoms with van der Waals surface area (Å²) in [5.41, 5.74) is 2.55. The second-order valence-electron chi connectivity index (χ2n) is 7.91. The van der Waals surface area contributed by atoms with Gasteiger partial charge in [0.15, 0.2) is 0 Å². The van der Waals surface area contributed by atoms with Gasteiger partial charge in [-0.15, -0.1) is 11.3 Å². The van der Waals surface area contributed by atoms with Crippen LogP contribution in [0.25, 0.3) is 10.2 Å². The quantitative estimate of drug-likeness (QED) is 0.646. The number of halogens is 1. The molecule has 5 nitrogen and oxygen atoms in total. The lowest BCUT2D eigenvalue weighted by molar-refractivity contribution is 0.0751. The van der Waals surface area contributed by atoms with Gasteiger partial charge in [-0.2, -0.15) is 0 Å². The van der Waals surface area contributed by atoms with Gasteiger partial charge in [0, 0.05) is 37.5 Å². The normalized spacial score (nSPS) is 17.2. The molecule has 2 aliphatic rings. The molecule has 3 heterocycles. The molecule has 2 fully saturated rings. The van der Waals surface area contributed by atoms with Gasteiger partial charge in [-0.1, -0.05) is 12.1 Å². The number of hydrogen-bond donors (Lipinski definition) is 0. The van der Waals surface area contributed by atoms with Crippen molar-refractivity contribution in [3.05, 3.63) is 52.0 Å². The van der Waals surface area contributed by atoms with Crippen LogP contribution < -0.4 is 4.90 Å². The van der Waals surface area contributed by atoms with Gasteiger partial charge in [-0.3, -0.25) is 4.79 Å². The summed E-state index contributed by atoms with van der Waals surface area (Å²) in [6, 6.07) is 6.81. The molecule has 150 valence electrons. The van der Waals surface area contributed by atoms with E-state index in [1.54, 1.807) is 12.1 Å². The fourth-order valence-electron chi connectivity index (χ4n) is 4.09. The van der Waals surface area contributed by atoms with Crippen LogP contribution in [-0.4, -0.2) is 47.0 Å². The zero-order chi connectivity index (χ0) is 20.1. The second kappa shape index (κ2) is 7.06. The van der Waals surface area contributed by atoms with Gasteiger partial charge < -0.3 is 9.80 Å². The third-order valence-electron chi connectivity index (χ3n) is 5.89. The summed E-state index contributed by atoms with van der Waals surface area (Å²) in [5, 5.41) is 1.02. The molecule has 1 amide bonds. The van der Waals surface area contributed by atoms with Crippen molar-refractivity contribution in [3.8, 4) is 0 Å². The number of aryl methyl sites for hydroxylation is 2. The number of amides is 1. The summed E-state index contributed by atoms with van der Waals surface area (Å²) < 4.78 is 14.1. The van der Waals surface area contributed by atoms with Crippen molar-refractivity contribution in [2.45, 2.75) is 32.6 Å². The van der Waals surface area contributed by atoms with Crippen LogP contribution in [0.2, 0.25) is 0 Å². The molecule has 0 spiro atoms. The zero-order valence-corrected chi connectivity index (χ0v) is 17.4. The molecule has 29 heavy (non-hydrogen) atoms. The first kappa shape index (κ1) is 18.5. The lowest BCUT2D eigenvalue weighted by atomic mass is 10.1. The first-order valence-electron chi connectivity index (χ1n) is 10.1. The molecule has 0 N–H and O–H groups in total. The fraction of sp³-hybridized carbons (Fsp3) is 0.409. The van der Waals surface area contributed by atoms with E-state index < -0.39 is 0 Å². The summed E-state index contributed by atoms with van der Waals surface area (Å²) in [6.45, 7) is 6.42. The first-order chi connectivity index (χ1) is 14.0. The van der Waals surface area contributed by atoms with E-state index in [1.807, 2.05) is 29.7 Å². The molecule has 0 bridgehead atoms. The molecule has 1 saturated carbocycles. The maximum absolute atomic E-state index is 14.1. The highest BCUT2D eigenvalue weighted by molar-refractivity contribution is 7.20. The van der Waals surface area contributed by atoms with E-state index in [0.717, 1.165) is 45.0 Å². The molecule has 0 radical (unpaired) electrons. The van der Waals surface area contributed by atoms with Crippen LogP contribution in [0.15, 0.2) is 24.3 Å². The minimum atomic E-state index is -0.215. The third-order valence-corrected chi connectivity index (χ3v) is 7.06. The molecular weight excluding hydrogens is 387 g/mol. The molecule has 7 heteroatoms. The minimum absolute atomic E-state index is 0.0473. The van der Waals surface area contributed by atoms with Crippen molar-refractivity contribution in [2.24, 2.45) is 0 Å². The first-order valence-corrected chi connectivity index (χ1v) is 10.9. The number of piperazine rings is 1. The molecule has 1 aliphatic carbocycles. The lowest BCUT2D eigenvalue weighted by Gasteiger charge is -2.36. The molecule has 3 aromatic rings. The zero-order valence-electron chi connectivity index (χ0n) is 16.6. The van der Waals surface area contributed by atoms with E-state index in [9.17, 15) is 9.18 Å². The van der Waals surface area contributed by atoms with Crippen molar-refractivity contribution in [3.63, 3.8) is 0 Å². The molecule has 0 unspecified atom stereocenters. The molecule has 0 atom stereocenters. The molecule has 1 aromatic carbocycles. The Morgan fingerprint density at radius 3 is 2.52 bits per heavy atom. The van der Waals surface area contributed by atoms with Crippen molar-refractivity contribution < 1.29 is 9.18 Å². The van der Waals surface area contributed by atoms with E-state index in [0.29, 0.717) is 37.8 Å². The largest absolute Gasteiger partial charge is 0.366 e. The lowest BCUT2D eigenvalue weighted by Crippen LogP contribution is -2.49. The Hall–Kier alpha value is -2.54. The van der Waals surface area contributed by atoms with Gasteiger partial charge in [0.2, 0.25) is 0 Å². The Kier molecular flexibility index (Phi) is 4.50. The van der Waals surface area contributed by atoms with E-state index >= 15 is 0 Å². The van der Waals surface area contributed by atoms with Gasteiger partial charge in [-0.25, -0.2) is 14.4 Å². The number of nitrogens with zero attached hydrogens (tertiary/aromatic N) is 4. The number of hydrogen-bond acceptors (Lipinski definition) is 5. The summed E-state index contributed by atoms with van der Waals surface area (Å²) in [7, 11) is 0. The minimum Gasteiger partial charge on any atom is -0.366 e. The van der Waals surface area contributed by atoms with Crippen LogP contribution in [-0.2, 0) is 0 Å². The molecule has 2 aromatic heterocycles. The molecule has 5 rings (SSSR count). The van der Waals surface area contributed by atoms with Gasteiger partial charge >= 0.3 is 0 Å². The number of para-hydroxylation sites is 1. The maximum atomic E-state index is 14.1. The predicted octanol–water partition coefficient (Wildman–Crippen LogP) is 4.29. The summed E-state index contributed by atoms with van der Waals surface area (Å²) >= 11 is 1.48. The Bertz CT molecular complexity index is 1100. The number of rotatable bonds is 3. The Labute approximate surface area is 173 Å². The van der Waals surface area contributed by atoms with Crippen molar-refractivity contribution >= 4 is 33.1 Å². The van der Waals surface area contributed by atoms with Crippen LogP contribution in [0.1, 0.15) is 45.5 Å². The van der Waals surface area contributed by atoms with Crippen LogP contribution in [0.5, 0.6) is 0 Å². The second-order valence-corrected chi connectivity index (χ2v) is 8.91. The van der Waals surface area contributed by atoms with E-state index in [4.69, 9.17) is 4.98 Å². The van der Waals surface area contributed by atoms with E-state index in [2.05, 4.69) is 4.98 Å². The third kappa shape index (κ3) is 3.27. The number of anilines is 1. The average molecular weight is 411 g/mol. The van der Waals surface area contributed by atoms with Crippen LogP contribution in [0.3, 0.4) is 0 Å². The van der Waals surface area contributed by atoms with Gasteiger partial charge in [-0.05, 0) is 44.4 Å². The summed E-state index contributed by atoms with van der Waals surface area (Å²) in [4.78, 5) is 28.2. The SMILES string of the molecule is Cc1nc(C2CC2)nc2sc(C(=O)N3CCN(c4ccccc4F)CC3)c(C)c12. The maximum Gasteiger partial charge on any atom is 0.264 e. The van der Waals surface area contributed by atoms with Crippen molar-refractivity contribution in [1.29, 1.82) is 0 Å². The number of carbonyl (C=O) groups excluding carboxylic acids is 1. The Balaban J connectivity index is 1.37. The van der Waals surface area contributed by atoms with Gasteiger partial charge in [0.05, 0.1) is 16.3 Å². The monoisotopic (exact) mass is 410 g/mol. The van der Waals surface area contributed by atoms with E-state index in [-0.39, 0.29) is 11.7 Å². The van der Waals surface area contributed by atoms with Crippen molar-refractivity contribution in [2.75, 3.05) is 31.1 Å². The predicted molar refractivity (Wildman–Crippen MR) is 113 cm³/mol. The number of aromatic nitrogens is 2. The summed E-state index contributed by atoms with van der Waals surface area (Å²) in [5.74, 6) is 1.25. The summed E-state index contributed by atoms with van der Waals surface area (Å²) in [6.07, 6.45) is 2.32. The van der Waals surface area contributed by atoms with Crippen LogP contribution in [0.4, 0.5) is 10.1 Å². The Morgan fingerprint density at radius 1 is 1.10 bits per heavy atom. The average Bonchev–Trinajstić information content (AvgIpc) is 3.52. The number of carbonyl (C=O) groups is 1. The molecule has 1 saturated heterocycles. The number of fused-ring (bicyclic) bond motifs is 1. The molecular formula is C22H23FN4OS. The topological polar surface area (TPSA) is 49.3 Å². The highest BCUT2D eigenvalue weighted by atomic mass is 32.1. The number of benzene rings is 1. The fourth-order valence-corrected chi connectivity index (χ4v) is 5.30. The highest BCUT2D eigenvalue weighted by Crippen LogP contribution is 2.40. The van der Waals surface area contributed by atoms with Crippen LogP contribution >= 0.6 is 11.3 Å². The molecule has 1 aliphatic heterocycles. The van der Waals surface area contributed by atoms with E-state index in [1.165, 1.54) is 17.4 Å². The number of thiophene rings is 1. The smallest absolute Gasteiger partial charge is 0.264 e. The highest BCUT2D eigenvalue weighted by Gasteiger charge is 2.30. The standard InChI is InChI=1S/C22H23FN4OS/c1-13-18-14(2)24-20(15-7-8-15)25-21(18)29-19(13)22(28)27-11-9-26(10-12-27)17-6-4-3-5-16(17)23/h3-6,15H,7-12H2,1-2H3. The van der Waals surface area contributed by atoms with Crippen LogP contribution in [0, 0.1) is 19.7 Å². The van der Waals surface area contributed by atoms with Gasteiger partial charge in [0.25, 0.3) is 5.91 Å².